The summed E-state index contributed by atoms with van der Waals surface area (Å²) < 4.78 is 2.04. The van der Waals surface area contributed by atoms with E-state index in [1.165, 1.54) is 22.9 Å². The number of benzene rings is 2. The summed E-state index contributed by atoms with van der Waals surface area (Å²) in [6, 6.07) is 18.2. The molecule has 1 aromatic heterocycles. The number of rotatable bonds is 7. The lowest BCUT2D eigenvalue weighted by Gasteiger charge is -2.14. The van der Waals surface area contributed by atoms with Gasteiger partial charge in [0.25, 0.3) is 0 Å². The van der Waals surface area contributed by atoms with Gasteiger partial charge in [-0.3, -0.25) is 4.79 Å². The van der Waals surface area contributed by atoms with E-state index in [9.17, 15) is 4.79 Å². The molecule has 0 radical (unpaired) electrons. The molecular weight excluding hydrogens is 368 g/mol. The maximum atomic E-state index is 12.6. The standard InChI is InChI=1S/C22H26N4OS/c1-15(2)19-10-12-20(13-11-19)23-21(27)16(3)28-22-25-24-17(4)26(22)14-18-8-6-5-7-9-18/h5-13,15-16H,14H2,1-4H3,(H,23,27)/t16-/m0/s1. The van der Waals surface area contributed by atoms with Crippen molar-refractivity contribution in [3.8, 4) is 0 Å². The van der Waals surface area contributed by atoms with Crippen LogP contribution in [0.5, 0.6) is 0 Å². The average molecular weight is 395 g/mol. The van der Waals surface area contributed by atoms with E-state index in [1.807, 2.05) is 48.7 Å². The van der Waals surface area contributed by atoms with Crippen molar-refractivity contribution in [1.82, 2.24) is 14.8 Å². The maximum absolute atomic E-state index is 12.6. The minimum atomic E-state index is -0.289. The normalized spacial score (nSPS) is 12.2. The molecule has 0 aliphatic heterocycles. The van der Waals surface area contributed by atoms with E-state index in [0.717, 1.165) is 16.7 Å². The molecule has 0 saturated heterocycles. The summed E-state index contributed by atoms with van der Waals surface area (Å²) >= 11 is 1.42. The fraction of sp³-hybridized carbons (Fsp3) is 0.318. The number of hydrogen-bond acceptors (Lipinski definition) is 4. The molecule has 0 bridgehead atoms. The van der Waals surface area contributed by atoms with Gasteiger partial charge in [-0.2, -0.15) is 0 Å². The van der Waals surface area contributed by atoms with Crippen molar-refractivity contribution >= 4 is 23.4 Å². The molecule has 6 heteroatoms. The van der Waals surface area contributed by atoms with Gasteiger partial charge in [-0.05, 0) is 43.0 Å². The first-order valence-electron chi connectivity index (χ1n) is 9.45. The predicted octanol–water partition coefficient (Wildman–Crippen LogP) is 4.88. The van der Waals surface area contributed by atoms with Crippen LogP contribution in [0.2, 0.25) is 0 Å². The Labute approximate surface area is 170 Å². The molecule has 0 aliphatic rings. The lowest BCUT2D eigenvalue weighted by Crippen LogP contribution is -2.23. The molecular formula is C22H26N4OS. The highest BCUT2D eigenvalue weighted by atomic mass is 32.2. The van der Waals surface area contributed by atoms with Crippen LogP contribution < -0.4 is 5.32 Å². The zero-order valence-electron chi connectivity index (χ0n) is 16.7. The monoisotopic (exact) mass is 394 g/mol. The van der Waals surface area contributed by atoms with E-state index in [2.05, 4.69) is 53.6 Å². The number of carbonyl (C=O) groups is 1. The number of amides is 1. The number of nitrogens with zero attached hydrogens (tertiary/aromatic N) is 3. The number of aryl methyl sites for hydroxylation is 1. The van der Waals surface area contributed by atoms with Gasteiger partial charge < -0.3 is 9.88 Å². The Morgan fingerprint density at radius 1 is 1.04 bits per heavy atom. The van der Waals surface area contributed by atoms with E-state index in [0.29, 0.717) is 12.5 Å². The topological polar surface area (TPSA) is 59.8 Å². The molecule has 0 saturated carbocycles. The van der Waals surface area contributed by atoms with Gasteiger partial charge in [-0.25, -0.2) is 0 Å². The molecule has 3 rings (SSSR count). The van der Waals surface area contributed by atoms with Gasteiger partial charge in [0.15, 0.2) is 5.16 Å². The van der Waals surface area contributed by atoms with Crippen molar-refractivity contribution in [2.45, 2.75) is 50.6 Å². The minimum absolute atomic E-state index is 0.0470. The van der Waals surface area contributed by atoms with Crippen LogP contribution in [0.1, 0.15) is 43.6 Å². The van der Waals surface area contributed by atoms with Gasteiger partial charge in [-0.15, -0.1) is 10.2 Å². The van der Waals surface area contributed by atoms with Gasteiger partial charge >= 0.3 is 0 Å². The number of nitrogens with one attached hydrogen (secondary N) is 1. The molecule has 1 atom stereocenters. The first-order valence-corrected chi connectivity index (χ1v) is 10.3. The maximum Gasteiger partial charge on any atom is 0.237 e. The van der Waals surface area contributed by atoms with Crippen molar-refractivity contribution < 1.29 is 4.79 Å². The molecule has 1 heterocycles. The lowest BCUT2D eigenvalue weighted by atomic mass is 10.0. The van der Waals surface area contributed by atoms with Crippen LogP contribution in [0.4, 0.5) is 5.69 Å². The smallest absolute Gasteiger partial charge is 0.237 e. The van der Waals surface area contributed by atoms with E-state index in [4.69, 9.17) is 0 Å². The van der Waals surface area contributed by atoms with Gasteiger partial charge in [0.1, 0.15) is 5.82 Å². The van der Waals surface area contributed by atoms with Crippen LogP contribution in [-0.2, 0) is 11.3 Å². The van der Waals surface area contributed by atoms with E-state index < -0.39 is 0 Å². The van der Waals surface area contributed by atoms with Crippen molar-refractivity contribution in [3.05, 3.63) is 71.5 Å². The first kappa shape index (κ1) is 20.1. The van der Waals surface area contributed by atoms with Crippen LogP contribution in [0.3, 0.4) is 0 Å². The van der Waals surface area contributed by atoms with Gasteiger partial charge in [0.2, 0.25) is 5.91 Å². The van der Waals surface area contributed by atoms with Gasteiger partial charge in [0, 0.05) is 5.69 Å². The Kier molecular flexibility index (Phi) is 6.52. The summed E-state index contributed by atoms with van der Waals surface area (Å²) in [5.74, 6) is 1.26. The third-order valence-corrected chi connectivity index (χ3v) is 5.66. The van der Waals surface area contributed by atoms with Crippen LogP contribution in [0.15, 0.2) is 59.8 Å². The van der Waals surface area contributed by atoms with Gasteiger partial charge in [0.05, 0.1) is 11.8 Å². The molecule has 2 aromatic carbocycles. The second-order valence-corrected chi connectivity index (χ2v) is 8.44. The Hall–Kier alpha value is -2.60. The Morgan fingerprint density at radius 3 is 2.36 bits per heavy atom. The SMILES string of the molecule is Cc1nnc(S[C@@H](C)C(=O)Nc2ccc(C(C)C)cc2)n1Cc1ccccc1. The third kappa shape index (κ3) is 5.01. The Morgan fingerprint density at radius 2 is 1.71 bits per heavy atom. The number of carbonyl (C=O) groups excluding carboxylic acids is 1. The summed E-state index contributed by atoms with van der Waals surface area (Å²) in [6.45, 7) is 8.81. The predicted molar refractivity (Wildman–Crippen MR) is 115 cm³/mol. The summed E-state index contributed by atoms with van der Waals surface area (Å²) in [4.78, 5) is 12.6. The number of hydrogen-bond donors (Lipinski definition) is 1. The Bertz CT molecular complexity index is 919. The van der Waals surface area contributed by atoms with Crippen molar-refractivity contribution in [3.63, 3.8) is 0 Å². The molecule has 146 valence electrons. The second-order valence-electron chi connectivity index (χ2n) is 7.13. The van der Waals surface area contributed by atoms with E-state index >= 15 is 0 Å². The Balaban J connectivity index is 1.65. The number of thioether (sulfide) groups is 1. The molecule has 3 aromatic rings. The average Bonchev–Trinajstić information content (AvgIpc) is 3.02. The van der Waals surface area contributed by atoms with E-state index in [1.54, 1.807) is 0 Å². The van der Waals surface area contributed by atoms with Crippen molar-refractivity contribution in [1.29, 1.82) is 0 Å². The zero-order valence-corrected chi connectivity index (χ0v) is 17.5. The largest absolute Gasteiger partial charge is 0.325 e. The zero-order chi connectivity index (χ0) is 20.1. The summed E-state index contributed by atoms with van der Waals surface area (Å²) in [5, 5.41) is 11.9. The highest BCUT2D eigenvalue weighted by Crippen LogP contribution is 2.25. The molecule has 0 fully saturated rings. The fourth-order valence-corrected chi connectivity index (χ4v) is 3.70. The van der Waals surface area contributed by atoms with Crippen molar-refractivity contribution in [2.24, 2.45) is 0 Å². The van der Waals surface area contributed by atoms with Crippen LogP contribution in [-0.4, -0.2) is 25.9 Å². The number of anilines is 1. The molecule has 0 unspecified atom stereocenters. The highest BCUT2D eigenvalue weighted by molar-refractivity contribution is 8.00. The van der Waals surface area contributed by atoms with Gasteiger partial charge in [-0.1, -0.05) is 68.1 Å². The first-order chi connectivity index (χ1) is 13.4. The highest BCUT2D eigenvalue weighted by Gasteiger charge is 2.19. The van der Waals surface area contributed by atoms with Crippen LogP contribution in [0.25, 0.3) is 0 Å². The summed E-state index contributed by atoms with van der Waals surface area (Å²) in [7, 11) is 0. The third-order valence-electron chi connectivity index (χ3n) is 4.58. The van der Waals surface area contributed by atoms with Crippen molar-refractivity contribution in [2.75, 3.05) is 5.32 Å². The molecule has 1 N–H and O–H groups in total. The number of aromatic nitrogens is 3. The molecule has 0 aliphatic carbocycles. The molecule has 28 heavy (non-hydrogen) atoms. The second kappa shape index (κ2) is 9.06. The minimum Gasteiger partial charge on any atom is -0.325 e. The fourth-order valence-electron chi connectivity index (χ4n) is 2.80. The lowest BCUT2D eigenvalue weighted by molar-refractivity contribution is -0.115. The molecule has 0 spiro atoms. The quantitative estimate of drug-likeness (QED) is 0.580. The summed E-state index contributed by atoms with van der Waals surface area (Å²) in [5.41, 5.74) is 3.24. The molecule has 1 amide bonds. The molecule has 5 nitrogen and oxygen atoms in total. The van der Waals surface area contributed by atoms with Crippen LogP contribution in [0, 0.1) is 6.92 Å². The van der Waals surface area contributed by atoms with E-state index in [-0.39, 0.29) is 11.2 Å². The summed E-state index contributed by atoms with van der Waals surface area (Å²) in [6.07, 6.45) is 0. The van der Waals surface area contributed by atoms with Crippen LogP contribution >= 0.6 is 11.8 Å².